The molecule has 0 amide bonds. The topological polar surface area (TPSA) is 107 Å². The van der Waals surface area contributed by atoms with Gasteiger partial charge in [-0.05, 0) is 35.8 Å². The van der Waals surface area contributed by atoms with Gasteiger partial charge in [0.05, 0.1) is 16.3 Å². The van der Waals surface area contributed by atoms with Crippen molar-refractivity contribution < 1.29 is 14.5 Å². The van der Waals surface area contributed by atoms with Crippen LogP contribution in [0, 0.1) is 20.9 Å². The Morgan fingerprint density at radius 1 is 0.875 bits per heavy atom. The number of benzene rings is 2. The fraction of sp³-hybridized carbons (Fsp3) is 0.344. The second kappa shape index (κ2) is 9.11. The van der Waals surface area contributed by atoms with Crippen molar-refractivity contribution in [1.29, 1.82) is 0 Å². The molecule has 8 nitrogen and oxygen atoms in total. The summed E-state index contributed by atoms with van der Waals surface area (Å²) >= 11 is 0. The zero-order valence-electron chi connectivity index (χ0n) is 23.2. The predicted octanol–water partition coefficient (Wildman–Crippen LogP) is 6.42. The quantitative estimate of drug-likeness (QED) is 0.305. The van der Waals surface area contributed by atoms with Crippen molar-refractivity contribution in [3.63, 3.8) is 0 Å². The number of Topliss-reactive ketones (excluding diaryl/α,β-unsaturated/α-hetero) is 2. The van der Waals surface area contributed by atoms with Gasteiger partial charge in [-0.2, -0.15) is 5.10 Å². The Balaban J connectivity index is 1.63. The first-order valence-corrected chi connectivity index (χ1v) is 13.6. The fourth-order valence-corrected chi connectivity index (χ4v) is 6.50. The van der Waals surface area contributed by atoms with Crippen molar-refractivity contribution >= 4 is 17.3 Å². The van der Waals surface area contributed by atoms with E-state index in [9.17, 15) is 19.7 Å². The average molecular weight is 537 g/mol. The van der Waals surface area contributed by atoms with Crippen LogP contribution in [0.4, 0.5) is 5.69 Å². The molecule has 40 heavy (non-hydrogen) atoms. The smallest absolute Gasteiger partial charge is 0.270 e. The number of nitrogens with zero attached hydrogens (tertiary/aromatic N) is 3. The molecule has 0 bridgehead atoms. The van der Waals surface area contributed by atoms with E-state index in [0.29, 0.717) is 53.7 Å². The lowest BCUT2D eigenvalue weighted by Gasteiger charge is -2.43. The summed E-state index contributed by atoms with van der Waals surface area (Å²) < 4.78 is 1.74. The largest absolute Gasteiger partial charge is 0.362 e. The monoisotopic (exact) mass is 536 g/mol. The van der Waals surface area contributed by atoms with Gasteiger partial charge in [0.1, 0.15) is 0 Å². The molecular formula is C32H32N4O4. The number of allylic oxidation sites excluding steroid dienone is 4. The molecule has 0 saturated heterocycles. The zero-order chi connectivity index (χ0) is 28.4. The van der Waals surface area contributed by atoms with Crippen molar-refractivity contribution in [1.82, 2.24) is 15.1 Å². The normalized spacial score (nSPS) is 20.2. The minimum absolute atomic E-state index is 0.0189. The van der Waals surface area contributed by atoms with Crippen LogP contribution < -0.4 is 5.32 Å². The minimum Gasteiger partial charge on any atom is -0.362 e. The van der Waals surface area contributed by atoms with E-state index in [-0.39, 0.29) is 28.1 Å². The molecule has 2 aliphatic carbocycles. The Kier molecular flexibility index (Phi) is 5.91. The molecule has 0 fully saturated rings. The van der Waals surface area contributed by atoms with Crippen molar-refractivity contribution in [2.24, 2.45) is 10.8 Å². The van der Waals surface area contributed by atoms with E-state index in [0.717, 1.165) is 17.1 Å². The van der Waals surface area contributed by atoms with E-state index < -0.39 is 10.8 Å². The van der Waals surface area contributed by atoms with Crippen LogP contribution in [0.15, 0.2) is 83.3 Å². The van der Waals surface area contributed by atoms with Crippen LogP contribution in [0.5, 0.6) is 0 Å². The van der Waals surface area contributed by atoms with Crippen LogP contribution in [-0.4, -0.2) is 26.3 Å². The number of carbonyl (C=O) groups is 2. The van der Waals surface area contributed by atoms with Crippen molar-refractivity contribution in [2.45, 2.75) is 59.3 Å². The average Bonchev–Trinajstić information content (AvgIpc) is 3.32. The van der Waals surface area contributed by atoms with E-state index in [1.165, 1.54) is 12.1 Å². The van der Waals surface area contributed by atoms with Crippen molar-refractivity contribution in [2.75, 3.05) is 0 Å². The van der Waals surface area contributed by atoms with Gasteiger partial charge in [0.15, 0.2) is 11.6 Å². The lowest BCUT2D eigenvalue weighted by atomic mass is 9.64. The number of rotatable bonds is 4. The van der Waals surface area contributed by atoms with Gasteiger partial charge in [-0.3, -0.25) is 19.7 Å². The summed E-state index contributed by atoms with van der Waals surface area (Å²) in [5, 5.41) is 20.1. The number of carbonyl (C=O) groups excluding carboxylic acids is 2. The highest BCUT2D eigenvalue weighted by Crippen LogP contribution is 2.52. The summed E-state index contributed by atoms with van der Waals surface area (Å²) in [6.45, 7) is 8.36. The first-order chi connectivity index (χ1) is 18.9. The third kappa shape index (κ3) is 4.47. The Bertz CT molecular complexity index is 1590. The molecule has 8 heteroatoms. The van der Waals surface area contributed by atoms with Crippen LogP contribution >= 0.6 is 0 Å². The van der Waals surface area contributed by atoms with E-state index in [2.05, 4.69) is 33.0 Å². The Morgan fingerprint density at radius 3 is 2.05 bits per heavy atom. The molecule has 3 aromatic rings. The molecule has 0 saturated carbocycles. The lowest BCUT2D eigenvalue weighted by molar-refractivity contribution is -0.384. The van der Waals surface area contributed by atoms with E-state index in [1.54, 1.807) is 16.8 Å². The third-order valence-electron chi connectivity index (χ3n) is 8.12. The maximum absolute atomic E-state index is 13.9. The number of aromatic nitrogens is 2. The summed E-state index contributed by atoms with van der Waals surface area (Å²) in [5.74, 6) is -0.569. The van der Waals surface area contributed by atoms with E-state index in [4.69, 9.17) is 5.10 Å². The molecule has 0 unspecified atom stereocenters. The van der Waals surface area contributed by atoms with Gasteiger partial charge in [0.25, 0.3) is 5.69 Å². The SMILES string of the molecule is CC1(C)CC(=O)C2=C(C1)NC1=C(C(=O)CC(C)(C)C1)C2c1cn(-c2ccccc2)nc1-c1cccc([N+](=O)[O-])c1. The second-order valence-electron chi connectivity index (χ2n) is 12.7. The molecule has 1 N–H and O–H groups in total. The van der Waals surface area contributed by atoms with Crippen molar-refractivity contribution in [3.05, 3.63) is 99.0 Å². The zero-order valence-corrected chi connectivity index (χ0v) is 23.2. The molecule has 0 spiro atoms. The fourth-order valence-electron chi connectivity index (χ4n) is 6.50. The second-order valence-corrected chi connectivity index (χ2v) is 12.7. The van der Waals surface area contributed by atoms with Crippen LogP contribution in [0.2, 0.25) is 0 Å². The molecule has 0 atom stereocenters. The summed E-state index contributed by atoms with van der Waals surface area (Å²) in [6.07, 6.45) is 4.02. The van der Waals surface area contributed by atoms with Gasteiger partial charge in [-0.25, -0.2) is 4.68 Å². The molecular weight excluding hydrogens is 504 g/mol. The van der Waals surface area contributed by atoms with Gasteiger partial charge in [0.2, 0.25) is 0 Å². The summed E-state index contributed by atoms with van der Waals surface area (Å²) in [5.41, 5.74) is 5.10. The van der Waals surface area contributed by atoms with Gasteiger partial charge >= 0.3 is 0 Å². The van der Waals surface area contributed by atoms with Gasteiger partial charge in [-0.15, -0.1) is 0 Å². The van der Waals surface area contributed by atoms with Crippen LogP contribution in [0.3, 0.4) is 0 Å². The third-order valence-corrected chi connectivity index (χ3v) is 8.12. The molecule has 204 valence electrons. The number of nitro benzene ring substituents is 1. The minimum atomic E-state index is -0.606. The van der Waals surface area contributed by atoms with Gasteiger partial charge < -0.3 is 5.32 Å². The highest BCUT2D eigenvalue weighted by atomic mass is 16.6. The number of ketones is 2. The number of hydrogen-bond donors (Lipinski definition) is 1. The van der Waals surface area contributed by atoms with Gasteiger partial charge in [-0.1, -0.05) is 58.0 Å². The Labute approximate surface area is 232 Å². The summed E-state index contributed by atoms with van der Waals surface area (Å²) in [6, 6.07) is 16.0. The van der Waals surface area contributed by atoms with Crippen molar-refractivity contribution in [3.8, 4) is 16.9 Å². The molecule has 6 rings (SSSR count). The Hall–Kier alpha value is -4.33. The molecule has 2 heterocycles. The number of hydrogen-bond acceptors (Lipinski definition) is 6. The number of nitro groups is 1. The highest BCUT2D eigenvalue weighted by Gasteiger charge is 2.47. The predicted molar refractivity (Wildman–Crippen MR) is 152 cm³/mol. The van der Waals surface area contributed by atoms with E-state index in [1.807, 2.05) is 36.5 Å². The number of dihydropyridines is 1. The molecule has 1 aliphatic heterocycles. The molecule has 3 aliphatic rings. The molecule has 2 aromatic carbocycles. The molecule has 0 radical (unpaired) electrons. The van der Waals surface area contributed by atoms with Crippen LogP contribution in [0.25, 0.3) is 16.9 Å². The Morgan fingerprint density at radius 2 is 1.48 bits per heavy atom. The standard InChI is InChI=1S/C32H32N4O4/c1-31(2)14-23-28(25(37)16-31)27(29-24(33-23)15-32(3,4)17-26(29)38)22-18-35(20-10-6-5-7-11-20)34-30(22)19-9-8-12-21(13-19)36(39)40/h5-13,18,27,33H,14-17H2,1-4H3. The first kappa shape index (κ1) is 25.9. The highest BCUT2D eigenvalue weighted by molar-refractivity contribution is 6.07. The van der Waals surface area contributed by atoms with Gasteiger partial charge in [0, 0.05) is 70.8 Å². The van der Waals surface area contributed by atoms with Crippen LogP contribution in [-0.2, 0) is 9.59 Å². The van der Waals surface area contributed by atoms with Crippen LogP contribution in [0.1, 0.15) is 64.9 Å². The lowest BCUT2D eigenvalue weighted by Crippen LogP contribution is -2.42. The molecule has 1 aromatic heterocycles. The first-order valence-electron chi connectivity index (χ1n) is 13.6. The number of nitrogens with one attached hydrogen (secondary N) is 1. The summed E-state index contributed by atoms with van der Waals surface area (Å²) in [7, 11) is 0. The number of para-hydroxylation sites is 1. The summed E-state index contributed by atoms with van der Waals surface area (Å²) in [4.78, 5) is 38.9. The number of non-ortho nitro benzene ring substituents is 1. The van der Waals surface area contributed by atoms with E-state index >= 15 is 0 Å². The maximum Gasteiger partial charge on any atom is 0.270 e. The maximum atomic E-state index is 13.9.